The molecule has 18 heavy (non-hydrogen) atoms. The van der Waals surface area contributed by atoms with Gasteiger partial charge in [-0.25, -0.2) is 4.98 Å². The van der Waals surface area contributed by atoms with Gasteiger partial charge in [-0.1, -0.05) is 29.5 Å². The number of anilines is 2. The third-order valence-electron chi connectivity index (χ3n) is 4.06. The minimum atomic E-state index is 0.488. The molecule has 2 aliphatic heterocycles. The van der Waals surface area contributed by atoms with Gasteiger partial charge < -0.3 is 10.6 Å². The summed E-state index contributed by atoms with van der Waals surface area (Å²) in [5, 5.41) is 0.729. The lowest BCUT2D eigenvalue weighted by atomic mass is 9.81. The number of hydrogen-bond acceptors (Lipinski definition) is 4. The van der Waals surface area contributed by atoms with E-state index in [1.54, 1.807) is 11.3 Å². The molecule has 0 radical (unpaired) electrons. The Bertz CT molecular complexity index is 578. The van der Waals surface area contributed by atoms with Gasteiger partial charge in [-0.3, -0.25) is 0 Å². The number of fused-ring (bicyclic) bond motifs is 2. The van der Waals surface area contributed by atoms with Crippen LogP contribution in [0.2, 0.25) is 0 Å². The number of nitrogen functional groups attached to an aromatic ring is 1. The Morgan fingerprint density at radius 2 is 2.06 bits per heavy atom. The van der Waals surface area contributed by atoms with Crippen molar-refractivity contribution < 1.29 is 0 Å². The van der Waals surface area contributed by atoms with E-state index < -0.39 is 0 Å². The normalized spacial score (nSPS) is 25.2. The second-order valence-corrected chi connectivity index (χ2v) is 6.14. The molecule has 1 aromatic heterocycles. The lowest BCUT2D eigenvalue weighted by molar-refractivity contribution is 0.389. The first-order valence-corrected chi connectivity index (χ1v) is 7.22. The Morgan fingerprint density at radius 1 is 1.22 bits per heavy atom. The molecule has 2 N–H and O–H groups in total. The van der Waals surface area contributed by atoms with Gasteiger partial charge in [0.15, 0.2) is 5.13 Å². The Hall–Kier alpha value is -1.55. The molecule has 1 aromatic carbocycles. The van der Waals surface area contributed by atoms with Crippen LogP contribution < -0.4 is 10.6 Å². The molecule has 2 atom stereocenters. The van der Waals surface area contributed by atoms with Crippen molar-refractivity contribution in [1.29, 1.82) is 0 Å². The Labute approximate surface area is 110 Å². The van der Waals surface area contributed by atoms with E-state index in [0.29, 0.717) is 12.0 Å². The molecule has 3 nitrogen and oxygen atoms in total. The first-order valence-electron chi connectivity index (χ1n) is 6.40. The van der Waals surface area contributed by atoms with Gasteiger partial charge in [0.2, 0.25) is 0 Å². The van der Waals surface area contributed by atoms with Crippen LogP contribution in [0, 0.1) is 0 Å². The molecule has 0 spiro atoms. The standard InChI is InChI=1S/C14H15N3S/c15-14-16-12-9-6-7-11(13(12)18-14)17(8-9)10-4-2-1-3-5-10/h1-5,9,11H,6-8H2,(H2,15,16). The molecular formula is C14H15N3S. The number of aromatic nitrogens is 1. The third kappa shape index (κ3) is 1.38. The molecule has 3 aliphatic rings. The van der Waals surface area contributed by atoms with Crippen molar-refractivity contribution in [1.82, 2.24) is 4.98 Å². The van der Waals surface area contributed by atoms with Crippen molar-refractivity contribution in [3.8, 4) is 0 Å². The van der Waals surface area contributed by atoms with Crippen molar-refractivity contribution in [2.75, 3.05) is 17.2 Å². The molecule has 1 aliphatic carbocycles. The second-order valence-electron chi connectivity index (χ2n) is 5.08. The van der Waals surface area contributed by atoms with Crippen LogP contribution in [-0.2, 0) is 0 Å². The van der Waals surface area contributed by atoms with Crippen LogP contribution in [0.3, 0.4) is 0 Å². The van der Waals surface area contributed by atoms with Crippen LogP contribution in [0.1, 0.15) is 35.4 Å². The zero-order valence-electron chi connectivity index (χ0n) is 10.0. The fourth-order valence-corrected chi connectivity index (χ4v) is 4.33. The zero-order chi connectivity index (χ0) is 12.1. The van der Waals surface area contributed by atoms with Crippen molar-refractivity contribution in [2.24, 2.45) is 0 Å². The summed E-state index contributed by atoms with van der Waals surface area (Å²) >= 11 is 1.68. The fourth-order valence-electron chi connectivity index (χ4n) is 3.26. The Kier molecular flexibility index (Phi) is 2.14. The molecule has 1 saturated heterocycles. The summed E-state index contributed by atoms with van der Waals surface area (Å²) in [6, 6.07) is 11.2. The summed E-state index contributed by atoms with van der Waals surface area (Å²) < 4.78 is 0. The number of nitrogens with two attached hydrogens (primary N) is 1. The average Bonchev–Trinajstić information content (AvgIpc) is 2.83. The summed E-state index contributed by atoms with van der Waals surface area (Å²) in [7, 11) is 0. The maximum absolute atomic E-state index is 5.88. The van der Waals surface area contributed by atoms with E-state index in [-0.39, 0.29) is 0 Å². The summed E-state index contributed by atoms with van der Waals surface area (Å²) in [6.45, 7) is 1.09. The molecule has 92 valence electrons. The van der Waals surface area contributed by atoms with Gasteiger partial charge >= 0.3 is 0 Å². The van der Waals surface area contributed by atoms with Crippen LogP contribution >= 0.6 is 11.3 Å². The molecular weight excluding hydrogens is 242 g/mol. The Morgan fingerprint density at radius 3 is 2.89 bits per heavy atom. The molecule has 1 fully saturated rings. The van der Waals surface area contributed by atoms with Crippen LogP contribution in [0.5, 0.6) is 0 Å². The molecule has 0 amide bonds. The van der Waals surface area contributed by atoms with Crippen molar-refractivity contribution >= 4 is 22.2 Å². The topological polar surface area (TPSA) is 42.1 Å². The second kappa shape index (κ2) is 3.72. The number of rotatable bonds is 1. The number of para-hydroxylation sites is 1. The van der Waals surface area contributed by atoms with Crippen LogP contribution in [0.4, 0.5) is 10.8 Å². The molecule has 3 heterocycles. The molecule has 2 aromatic rings. The van der Waals surface area contributed by atoms with Gasteiger partial charge in [0, 0.05) is 18.2 Å². The number of piperidine rings is 1. The largest absolute Gasteiger partial charge is 0.375 e. The Balaban J connectivity index is 1.79. The smallest absolute Gasteiger partial charge is 0.180 e. The highest BCUT2D eigenvalue weighted by Gasteiger charge is 2.40. The first-order chi connectivity index (χ1) is 8.83. The fraction of sp³-hybridized carbons (Fsp3) is 0.357. The van der Waals surface area contributed by atoms with Crippen LogP contribution in [-0.4, -0.2) is 11.5 Å². The monoisotopic (exact) mass is 257 g/mol. The predicted octanol–water partition coefficient (Wildman–Crippen LogP) is 3.16. The third-order valence-corrected chi connectivity index (χ3v) is 5.06. The van der Waals surface area contributed by atoms with Gasteiger partial charge in [-0.05, 0) is 25.0 Å². The van der Waals surface area contributed by atoms with Crippen LogP contribution in [0.15, 0.2) is 30.3 Å². The van der Waals surface area contributed by atoms with E-state index in [0.717, 1.165) is 11.7 Å². The molecule has 2 bridgehead atoms. The average molecular weight is 257 g/mol. The minimum absolute atomic E-state index is 0.488. The molecule has 5 rings (SSSR count). The highest BCUT2D eigenvalue weighted by Crippen LogP contribution is 2.50. The van der Waals surface area contributed by atoms with Gasteiger partial charge in [-0.2, -0.15) is 0 Å². The summed E-state index contributed by atoms with van der Waals surface area (Å²) in [5.41, 5.74) is 8.49. The molecule has 2 unspecified atom stereocenters. The van der Waals surface area contributed by atoms with E-state index in [1.165, 1.54) is 29.1 Å². The van der Waals surface area contributed by atoms with E-state index in [2.05, 4.69) is 40.2 Å². The maximum Gasteiger partial charge on any atom is 0.180 e. The lowest BCUT2D eigenvalue weighted by Gasteiger charge is -2.45. The summed E-state index contributed by atoms with van der Waals surface area (Å²) in [6.07, 6.45) is 2.48. The van der Waals surface area contributed by atoms with E-state index in [1.807, 2.05) is 0 Å². The molecule has 0 saturated carbocycles. The van der Waals surface area contributed by atoms with E-state index >= 15 is 0 Å². The number of nitrogens with zero attached hydrogens (tertiary/aromatic N) is 2. The quantitative estimate of drug-likeness (QED) is 0.853. The number of thiazole rings is 1. The highest BCUT2D eigenvalue weighted by atomic mass is 32.1. The van der Waals surface area contributed by atoms with E-state index in [4.69, 9.17) is 5.73 Å². The number of hydrogen-bond donors (Lipinski definition) is 1. The van der Waals surface area contributed by atoms with Gasteiger partial charge in [0.25, 0.3) is 0 Å². The first kappa shape index (κ1) is 10.4. The summed E-state index contributed by atoms with van der Waals surface area (Å²) in [5.74, 6) is 0.568. The maximum atomic E-state index is 5.88. The lowest BCUT2D eigenvalue weighted by Crippen LogP contribution is -2.41. The van der Waals surface area contributed by atoms with Gasteiger partial charge in [0.05, 0.1) is 16.6 Å². The predicted molar refractivity (Wildman–Crippen MR) is 75.0 cm³/mol. The van der Waals surface area contributed by atoms with E-state index in [9.17, 15) is 0 Å². The molecule has 4 heteroatoms. The summed E-state index contributed by atoms with van der Waals surface area (Å²) in [4.78, 5) is 8.46. The minimum Gasteiger partial charge on any atom is -0.375 e. The SMILES string of the molecule is Nc1nc2c(s1)C1CCC2CN1c1ccccc1. The van der Waals surface area contributed by atoms with Crippen molar-refractivity contribution in [3.63, 3.8) is 0 Å². The number of benzene rings is 1. The highest BCUT2D eigenvalue weighted by molar-refractivity contribution is 7.15. The zero-order valence-corrected chi connectivity index (χ0v) is 10.9. The van der Waals surface area contributed by atoms with Crippen molar-refractivity contribution in [3.05, 3.63) is 40.9 Å². The van der Waals surface area contributed by atoms with Gasteiger partial charge in [-0.15, -0.1) is 0 Å². The van der Waals surface area contributed by atoms with Gasteiger partial charge in [0.1, 0.15) is 0 Å². The van der Waals surface area contributed by atoms with Crippen molar-refractivity contribution in [2.45, 2.75) is 24.8 Å². The van der Waals surface area contributed by atoms with Crippen LogP contribution in [0.25, 0.3) is 0 Å².